The van der Waals surface area contributed by atoms with Crippen molar-refractivity contribution in [1.29, 1.82) is 0 Å². The number of hydrogen-bond acceptors (Lipinski definition) is 5. The summed E-state index contributed by atoms with van der Waals surface area (Å²) in [6.45, 7) is 1.80. The predicted octanol–water partition coefficient (Wildman–Crippen LogP) is 2.35. The number of hydroxylamine groups is 1. The number of nitrogens with one attached hydrogen (secondary N) is 2. The number of aromatic nitrogens is 2. The molecule has 3 aromatic rings. The van der Waals surface area contributed by atoms with E-state index in [4.69, 9.17) is 4.84 Å². The molecular weight excluding hydrogens is 392 g/mol. The second-order valence-electron chi connectivity index (χ2n) is 6.79. The summed E-state index contributed by atoms with van der Waals surface area (Å²) in [6, 6.07) is 16.3. The molecule has 0 spiro atoms. The van der Waals surface area contributed by atoms with E-state index in [1.807, 2.05) is 30.3 Å². The number of hydrogen-bond donors (Lipinski definition) is 2. The van der Waals surface area contributed by atoms with Crippen LogP contribution in [0.15, 0.2) is 54.6 Å². The molecule has 0 fully saturated rings. The Morgan fingerprint density at radius 2 is 1.86 bits per heavy atom. The fourth-order valence-corrected chi connectivity index (χ4v) is 4.73. The molecule has 1 amide bonds. The summed E-state index contributed by atoms with van der Waals surface area (Å²) < 4.78 is 27.2. The van der Waals surface area contributed by atoms with Crippen molar-refractivity contribution in [3.63, 3.8) is 0 Å². The number of H-pyrrole nitrogens is 1. The number of rotatable bonds is 6. The molecule has 0 radical (unpaired) electrons. The van der Waals surface area contributed by atoms with Gasteiger partial charge in [0.25, 0.3) is 0 Å². The Labute approximate surface area is 168 Å². The maximum Gasteiger partial charge on any atom is 0.249 e. The van der Waals surface area contributed by atoms with Gasteiger partial charge in [0, 0.05) is 24.6 Å². The minimum atomic E-state index is -3.49. The molecule has 1 aliphatic heterocycles. The number of carbonyl (C=O) groups is 1. The normalized spacial score (nSPS) is 13.8. The number of aromatic amines is 1. The second-order valence-corrected chi connectivity index (χ2v) is 8.76. The molecule has 29 heavy (non-hydrogen) atoms. The van der Waals surface area contributed by atoms with Crippen LogP contribution >= 0.6 is 0 Å². The summed E-state index contributed by atoms with van der Waals surface area (Å²) >= 11 is 0. The smallest absolute Gasteiger partial charge is 0.249 e. The van der Waals surface area contributed by atoms with Crippen LogP contribution in [0.5, 0.6) is 5.75 Å². The maximum atomic E-state index is 12.9. The molecule has 0 saturated heterocycles. The molecule has 150 valence electrons. The van der Waals surface area contributed by atoms with Crippen LogP contribution in [-0.4, -0.2) is 28.8 Å². The van der Waals surface area contributed by atoms with Gasteiger partial charge < -0.3 is 4.84 Å². The second kappa shape index (κ2) is 7.69. The Morgan fingerprint density at radius 3 is 2.62 bits per heavy atom. The molecule has 0 bridgehead atoms. The van der Waals surface area contributed by atoms with Gasteiger partial charge in [0.2, 0.25) is 15.9 Å². The molecule has 1 aromatic heterocycles. The van der Waals surface area contributed by atoms with Crippen molar-refractivity contribution in [3.8, 4) is 17.0 Å². The van der Waals surface area contributed by atoms with Crippen LogP contribution in [0, 0.1) is 0 Å². The zero-order valence-electron chi connectivity index (χ0n) is 15.8. The SMILES string of the molecule is CC(=O)NOc1ccccc1-c1[nH]nc2c1CN(S(=O)(=O)Cc1ccccc1)C2. The van der Waals surface area contributed by atoms with E-state index < -0.39 is 10.0 Å². The van der Waals surface area contributed by atoms with Crippen molar-refractivity contribution in [2.45, 2.75) is 25.8 Å². The van der Waals surface area contributed by atoms with Gasteiger partial charge in [-0.25, -0.2) is 8.42 Å². The summed E-state index contributed by atoms with van der Waals surface area (Å²) in [5, 5.41) is 7.28. The summed E-state index contributed by atoms with van der Waals surface area (Å²) in [5.41, 5.74) is 5.92. The minimum Gasteiger partial charge on any atom is -0.379 e. The van der Waals surface area contributed by atoms with Crippen molar-refractivity contribution < 1.29 is 18.0 Å². The Bertz CT molecular complexity index is 1140. The lowest BCUT2D eigenvalue weighted by atomic mass is 10.1. The quantitative estimate of drug-likeness (QED) is 0.605. The number of amides is 1. The van der Waals surface area contributed by atoms with Gasteiger partial charge in [-0.05, 0) is 17.7 Å². The third kappa shape index (κ3) is 4.01. The van der Waals surface area contributed by atoms with Crippen LogP contribution < -0.4 is 10.3 Å². The molecule has 2 aromatic carbocycles. The van der Waals surface area contributed by atoms with Gasteiger partial charge in [-0.1, -0.05) is 42.5 Å². The highest BCUT2D eigenvalue weighted by molar-refractivity contribution is 7.88. The standard InChI is InChI=1S/C20H20N4O4S/c1-14(25)23-28-19-10-6-5-9-16(19)20-17-11-24(12-18(17)21-22-20)29(26,27)13-15-7-3-2-4-8-15/h2-10H,11-13H2,1H3,(H,21,22)(H,23,25). The highest BCUT2D eigenvalue weighted by atomic mass is 32.2. The van der Waals surface area contributed by atoms with Crippen molar-refractivity contribution in [1.82, 2.24) is 20.0 Å². The first-order valence-corrected chi connectivity index (χ1v) is 10.7. The number of carbonyl (C=O) groups excluding carboxylic acids is 1. The lowest BCUT2D eigenvalue weighted by Gasteiger charge is -2.16. The molecule has 2 heterocycles. The number of fused-ring (bicyclic) bond motifs is 1. The van der Waals surface area contributed by atoms with Crippen LogP contribution in [0.25, 0.3) is 11.3 Å². The molecule has 8 nitrogen and oxygen atoms in total. The van der Waals surface area contributed by atoms with Crippen LogP contribution in [0.4, 0.5) is 0 Å². The first kappa shape index (κ1) is 19.2. The molecule has 0 unspecified atom stereocenters. The summed E-state index contributed by atoms with van der Waals surface area (Å²) in [4.78, 5) is 16.6. The van der Waals surface area contributed by atoms with Crippen LogP contribution in [-0.2, 0) is 33.7 Å². The fourth-order valence-electron chi connectivity index (χ4n) is 3.29. The van der Waals surface area contributed by atoms with Crippen LogP contribution in [0.1, 0.15) is 23.7 Å². The molecule has 4 rings (SSSR count). The average molecular weight is 412 g/mol. The zero-order valence-corrected chi connectivity index (χ0v) is 16.6. The van der Waals surface area contributed by atoms with E-state index in [0.717, 1.165) is 11.1 Å². The Hall–Kier alpha value is -3.17. The van der Waals surface area contributed by atoms with Gasteiger partial charge >= 0.3 is 0 Å². The van der Waals surface area contributed by atoms with E-state index in [-0.39, 0.29) is 24.7 Å². The predicted molar refractivity (Wildman–Crippen MR) is 107 cm³/mol. The van der Waals surface area contributed by atoms with Crippen molar-refractivity contribution in [2.24, 2.45) is 0 Å². The van der Waals surface area contributed by atoms with E-state index in [9.17, 15) is 13.2 Å². The van der Waals surface area contributed by atoms with E-state index in [0.29, 0.717) is 22.7 Å². The molecule has 0 atom stereocenters. The van der Waals surface area contributed by atoms with Gasteiger partial charge in [0.15, 0.2) is 5.75 Å². The largest absolute Gasteiger partial charge is 0.379 e. The lowest BCUT2D eigenvalue weighted by molar-refractivity contribution is -0.125. The van der Waals surface area contributed by atoms with Crippen LogP contribution in [0.3, 0.4) is 0 Å². The summed E-state index contributed by atoms with van der Waals surface area (Å²) in [6.07, 6.45) is 0. The minimum absolute atomic E-state index is 0.0562. The zero-order chi connectivity index (χ0) is 20.4. The van der Waals surface area contributed by atoms with Crippen LogP contribution in [0.2, 0.25) is 0 Å². The third-order valence-electron chi connectivity index (χ3n) is 4.66. The highest BCUT2D eigenvalue weighted by Crippen LogP contribution is 2.36. The van der Waals surface area contributed by atoms with Gasteiger partial charge in [0.05, 0.1) is 23.7 Å². The van der Waals surface area contributed by atoms with Crippen molar-refractivity contribution >= 4 is 15.9 Å². The van der Waals surface area contributed by atoms with Gasteiger partial charge in [-0.2, -0.15) is 14.9 Å². The molecular formula is C20H20N4O4S. The fraction of sp³-hybridized carbons (Fsp3) is 0.200. The first-order chi connectivity index (χ1) is 13.9. The molecule has 1 aliphatic rings. The summed E-state index contributed by atoms with van der Waals surface area (Å²) in [7, 11) is -3.49. The van der Waals surface area contributed by atoms with Gasteiger partial charge in [0.1, 0.15) is 0 Å². The van der Waals surface area contributed by atoms with E-state index >= 15 is 0 Å². The highest BCUT2D eigenvalue weighted by Gasteiger charge is 2.33. The number of benzene rings is 2. The van der Waals surface area contributed by atoms with Crippen molar-refractivity contribution in [3.05, 3.63) is 71.4 Å². The first-order valence-electron chi connectivity index (χ1n) is 9.05. The maximum absolute atomic E-state index is 12.9. The molecule has 9 heteroatoms. The number of para-hydroxylation sites is 1. The number of sulfonamides is 1. The topological polar surface area (TPSA) is 104 Å². The molecule has 0 aliphatic carbocycles. The Morgan fingerprint density at radius 1 is 1.14 bits per heavy atom. The average Bonchev–Trinajstić information content (AvgIpc) is 3.28. The lowest BCUT2D eigenvalue weighted by Crippen LogP contribution is -2.27. The van der Waals surface area contributed by atoms with Gasteiger partial charge in [-0.15, -0.1) is 0 Å². The van der Waals surface area contributed by atoms with Crippen molar-refractivity contribution in [2.75, 3.05) is 0 Å². The monoisotopic (exact) mass is 412 g/mol. The third-order valence-corrected chi connectivity index (χ3v) is 6.40. The number of nitrogens with zero attached hydrogens (tertiary/aromatic N) is 2. The van der Waals surface area contributed by atoms with E-state index in [1.165, 1.54) is 11.2 Å². The Balaban J connectivity index is 1.58. The van der Waals surface area contributed by atoms with Gasteiger partial charge in [-0.3, -0.25) is 9.89 Å². The molecule has 2 N–H and O–H groups in total. The van der Waals surface area contributed by atoms with E-state index in [1.54, 1.807) is 24.3 Å². The molecule has 0 saturated carbocycles. The Kier molecular flexibility index (Phi) is 5.08. The summed E-state index contributed by atoms with van der Waals surface area (Å²) in [5.74, 6) is 0.0620. The van der Waals surface area contributed by atoms with E-state index in [2.05, 4.69) is 15.7 Å².